The fraction of sp³-hybridized carbons (Fsp3) is 0.118. The molecule has 3 rings (SSSR count). The summed E-state index contributed by atoms with van der Waals surface area (Å²) < 4.78 is 5.26. The number of benzene rings is 2. The van der Waals surface area contributed by atoms with Crippen molar-refractivity contribution in [2.45, 2.75) is 6.54 Å². The first-order chi connectivity index (χ1) is 13.1. The molecule has 0 fully saturated rings. The van der Waals surface area contributed by atoms with Crippen LogP contribution in [0, 0.1) is 0 Å². The summed E-state index contributed by atoms with van der Waals surface area (Å²) in [5.74, 6) is -0.186. The molecule has 2 N–H and O–H groups in total. The zero-order valence-electron chi connectivity index (χ0n) is 14.0. The Balaban J connectivity index is 1.43. The van der Waals surface area contributed by atoms with Crippen LogP contribution in [0.15, 0.2) is 54.6 Å². The number of amides is 2. The summed E-state index contributed by atoms with van der Waals surface area (Å²) in [7, 11) is 0. The number of hydrogen-bond acceptors (Lipinski definition) is 6. The third-order valence-electron chi connectivity index (χ3n) is 3.28. The Kier molecular flexibility index (Phi) is 5.95. The first kappa shape index (κ1) is 18.3. The number of hydrogen-bond donors (Lipinski definition) is 2. The van der Waals surface area contributed by atoms with E-state index >= 15 is 0 Å². The number of carbonyl (C=O) groups is 2. The minimum absolute atomic E-state index is 0.199. The van der Waals surface area contributed by atoms with E-state index in [2.05, 4.69) is 26.3 Å². The zero-order valence-corrected chi connectivity index (χ0v) is 14.8. The summed E-state index contributed by atoms with van der Waals surface area (Å²) in [5, 5.41) is 12.3. The number of carbonyl (C=O) groups excluding carboxylic acids is 2. The summed E-state index contributed by atoms with van der Waals surface area (Å²) in [4.78, 5) is 24.7. The fourth-order valence-corrected chi connectivity index (χ4v) is 2.24. The van der Waals surface area contributed by atoms with Crippen LogP contribution in [0.5, 0.6) is 5.75 Å². The van der Waals surface area contributed by atoms with Crippen molar-refractivity contribution in [2.75, 3.05) is 6.61 Å². The van der Waals surface area contributed by atoms with Crippen molar-refractivity contribution in [3.05, 3.63) is 59.6 Å². The van der Waals surface area contributed by atoms with Gasteiger partial charge in [0, 0.05) is 10.6 Å². The van der Waals surface area contributed by atoms with Gasteiger partial charge in [0.2, 0.25) is 5.82 Å². The number of halogens is 1. The van der Waals surface area contributed by atoms with Gasteiger partial charge < -0.3 is 4.74 Å². The molecular weight excluding hydrogens is 372 g/mol. The average Bonchev–Trinajstić information content (AvgIpc) is 3.14. The molecule has 0 saturated heterocycles. The molecule has 0 radical (unpaired) electrons. The molecule has 10 heteroatoms. The third-order valence-corrected chi connectivity index (χ3v) is 3.51. The van der Waals surface area contributed by atoms with Crippen LogP contribution in [-0.2, 0) is 16.1 Å². The molecule has 1 heterocycles. The second-order valence-corrected chi connectivity index (χ2v) is 5.79. The smallest absolute Gasteiger partial charge is 0.276 e. The number of rotatable bonds is 6. The van der Waals surface area contributed by atoms with E-state index in [1.54, 1.807) is 24.3 Å². The van der Waals surface area contributed by atoms with E-state index in [0.717, 1.165) is 10.4 Å². The molecule has 0 aliphatic carbocycles. The van der Waals surface area contributed by atoms with Crippen LogP contribution in [0.3, 0.4) is 0 Å². The van der Waals surface area contributed by atoms with E-state index in [0.29, 0.717) is 16.6 Å². The molecule has 0 saturated carbocycles. The summed E-state index contributed by atoms with van der Waals surface area (Å²) in [6.45, 7) is -0.477. The molecule has 0 spiro atoms. The Hall–Kier alpha value is -3.46. The lowest BCUT2D eigenvalue weighted by molar-refractivity contribution is -0.130. The molecule has 27 heavy (non-hydrogen) atoms. The van der Waals surface area contributed by atoms with E-state index in [1.807, 2.05) is 30.3 Å². The van der Waals surface area contributed by atoms with Crippen LogP contribution in [0.25, 0.3) is 11.4 Å². The van der Waals surface area contributed by atoms with Gasteiger partial charge in [-0.1, -0.05) is 48.0 Å². The number of tetrazole rings is 1. The van der Waals surface area contributed by atoms with Gasteiger partial charge in [-0.15, -0.1) is 10.2 Å². The molecule has 0 aliphatic rings. The lowest BCUT2D eigenvalue weighted by atomic mass is 10.2. The predicted octanol–water partition coefficient (Wildman–Crippen LogP) is 1.22. The average molecular weight is 387 g/mol. The monoisotopic (exact) mass is 386 g/mol. The quantitative estimate of drug-likeness (QED) is 0.616. The van der Waals surface area contributed by atoms with E-state index in [4.69, 9.17) is 16.3 Å². The summed E-state index contributed by atoms with van der Waals surface area (Å²) in [6, 6.07) is 15.9. The molecule has 0 bridgehead atoms. The predicted molar refractivity (Wildman–Crippen MR) is 96.5 cm³/mol. The third kappa shape index (κ3) is 5.51. The van der Waals surface area contributed by atoms with E-state index in [1.165, 1.54) is 0 Å². The standard InChI is InChI=1S/C17H15ClN6O3/c18-13-7-4-8-14(9-13)27-11-16(26)20-19-15(25)10-24-22-17(21-23-24)12-5-2-1-3-6-12/h1-9H,10-11H2,(H,19,25)(H,20,26). The summed E-state index contributed by atoms with van der Waals surface area (Å²) in [6.07, 6.45) is 0. The first-order valence-corrected chi connectivity index (χ1v) is 8.27. The van der Waals surface area contributed by atoms with Crippen molar-refractivity contribution in [1.29, 1.82) is 0 Å². The minimum Gasteiger partial charge on any atom is -0.484 e. The summed E-state index contributed by atoms with van der Waals surface area (Å²) >= 11 is 5.82. The summed E-state index contributed by atoms with van der Waals surface area (Å²) in [5.41, 5.74) is 5.28. The van der Waals surface area contributed by atoms with Crippen molar-refractivity contribution in [1.82, 2.24) is 31.1 Å². The Bertz CT molecular complexity index is 931. The van der Waals surface area contributed by atoms with Crippen molar-refractivity contribution >= 4 is 23.4 Å². The van der Waals surface area contributed by atoms with Gasteiger partial charge in [-0.3, -0.25) is 20.4 Å². The van der Waals surface area contributed by atoms with Crippen molar-refractivity contribution in [3.63, 3.8) is 0 Å². The van der Waals surface area contributed by atoms with Gasteiger partial charge in [0.05, 0.1) is 0 Å². The lowest BCUT2D eigenvalue weighted by Crippen LogP contribution is -2.45. The zero-order chi connectivity index (χ0) is 19.1. The van der Waals surface area contributed by atoms with Crippen molar-refractivity contribution < 1.29 is 14.3 Å². The van der Waals surface area contributed by atoms with Gasteiger partial charge in [0.25, 0.3) is 11.8 Å². The van der Waals surface area contributed by atoms with Crippen LogP contribution < -0.4 is 15.6 Å². The Morgan fingerprint density at radius 1 is 1.04 bits per heavy atom. The van der Waals surface area contributed by atoms with E-state index in [9.17, 15) is 9.59 Å². The largest absolute Gasteiger partial charge is 0.484 e. The van der Waals surface area contributed by atoms with Crippen LogP contribution in [0.2, 0.25) is 5.02 Å². The molecule has 0 aliphatic heterocycles. The minimum atomic E-state index is -0.528. The van der Waals surface area contributed by atoms with Crippen molar-refractivity contribution in [2.24, 2.45) is 0 Å². The van der Waals surface area contributed by atoms with Crippen LogP contribution >= 0.6 is 11.6 Å². The van der Waals surface area contributed by atoms with Gasteiger partial charge in [-0.25, -0.2) is 0 Å². The van der Waals surface area contributed by atoms with Crippen LogP contribution in [0.4, 0.5) is 0 Å². The highest BCUT2D eigenvalue weighted by atomic mass is 35.5. The molecule has 0 atom stereocenters. The van der Waals surface area contributed by atoms with E-state index in [-0.39, 0.29) is 13.2 Å². The van der Waals surface area contributed by atoms with Gasteiger partial charge >= 0.3 is 0 Å². The maximum Gasteiger partial charge on any atom is 0.276 e. The highest BCUT2D eigenvalue weighted by molar-refractivity contribution is 6.30. The maximum absolute atomic E-state index is 11.9. The number of ether oxygens (including phenoxy) is 1. The SMILES string of the molecule is O=C(COc1cccc(Cl)c1)NNC(=O)Cn1nnc(-c2ccccc2)n1. The fourth-order valence-electron chi connectivity index (χ4n) is 2.06. The van der Waals surface area contributed by atoms with Gasteiger partial charge in [-0.2, -0.15) is 4.80 Å². The second kappa shape index (κ2) is 8.77. The molecule has 3 aromatic rings. The van der Waals surface area contributed by atoms with E-state index < -0.39 is 11.8 Å². The molecular formula is C17H15ClN6O3. The van der Waals surface area contributed by atoms with Crippen LogP contribution in [0.1, 0.15) is 0 Å². The topological polar surface area (TPSA) is 111 Å². The Morgan fingerprint density at radius 2 is 1.81 bits per heavy atom. The van der Waals surface area contributed by atoms with Gasteiger partial charge in [-0.05, 0) is 23.4 Å². The Labute approximate surface area is 159 Å². The maximum atomic E-state index is 11.9. The molecule has 138 valence electrons. The number of nitrogens with one attached hydrogen (secondary N) is 2. The highest BCUT2D eigenvalue weighted by Gasteiger charge is 2.10. The van der Waals surface area contributed by atoms with Crippen LogP contribution in [-0.4, -0.2) is 38.6 Å². The molecule has 0 unspecified atom stereocenters. The number of aromatic nitrogens is 4. The molecule has 2 amide bonds. The normalized spacial score (nSPS) is 10.3. The van der Waals surface area contributed by atoms with Gasteiger partial charge in [0.1, 0.15) is 12.3 Å². The lowest BCUT2D eigenvalue weighted by Gasteiger charge is -2.08. The van der Waals surface area contributed by atoms with Crippen molar-refractivity contribution in [3.8, 4) is 17.1 Å². The molecule has 9 nitrogen and oxygen atoms in total. The first-order valence-electron chi connectivity index (χ1n) is 7.89. The molecule has 2 aromatic carbocycles. The molecule has 1 aromatic heterocycles. The highest BCUT2D eigenvalue weighted by Crippen LogP contribution is 2.16. The number of nitrogens with zero attached hydrogens (tertiary/aromatic N) is 4. The second-order valence-electron chi connectivity index (χ2n) is 5.35. The number of hydrazine groups is 1. The van der Waals surface area contributed by atoms with Gasteiger partial charge in [0.15, 0.2) is 6.61 Å². The Morgan fingerprint density at radius 3 is 2.59 bits per heavy atom.